The molecule has 12 heavy (non-hydrogen) atoms. The Kier molecular flexibility index (Phi) is 27.1. The van der Waals surface area contributed by atoms with Crippen LogP contribution < -0.4 is 98.5 Å². The summed E-state index contributed by atoms with van der Waals surface area (Å²) in [7, 11) is 0.910. The van der Waals surface area contributed by atoms with Gasteiger partial charge in [0.2, 0.25) is 0 Å². The molecule has 0 aliphatic rings. The van der Waals surface area contributed by atoms with Crippen LogP contribution in [0.15, 0.2) is 0 Å². The van der Waals surface area contributed by atoms with Gasteiger partial charge in [-0.15, -0.1) is 0 Å². The van der Waals surface area contributed by atoms with Crippen molar-refractivity contribution < 1.29 is 107 Å². The van der Waals surface area contributed by atoms with Crippen molar-refractivity contribution in [2.75, 3.05) is 14.2 Å². The van der Waals surface area contributed by atoms with Crippen LogP contribution in [0, 0.1) is 0 Å². The topological polar surface area (TPSA) is 64.6 Å². The first kappa shape index (κ1) is 25.0. The van der Waals surface area contributed by atoms with Gasteiger partial charge in [-0.3, -0.25) is 0 Å². The van der Waals surface area contributed by atoms with Gasteiger partial charge in [-0.2, -0.15) is 0 Å². The second kappa shape index (κ2) is 13.0. The van der Waals surface area contributed by atoms with E-state index in [4.69, 9.17) is 0 Å². The van der Waals surface area contributed by atoms with Crippen LogP contribution in [0.4, 0.5) is 0 Å². The molecule has 0 radical (unpaired) electrons. The molecule has 0 atom stereocenters. The van der Waals surface area contributed by atoms with Crippen LogP contribution >= 0.6 is 5.69 Å². The Bertz CT molecular complexity index is 135. The quantitative estimate of drug-likeness (QED) is 0.279. The van der Waals surface area contributed by atoms with Gasteiger partial charge in [0.15, 0.2) is 0 Å². The molecule has 0 N–H and O–H groups in total. The molecule has 58 valence electrons. The smallest absolute Gasteiger partial charge is 0.851 e. The molecule has 0 aliphatic carbocycles. The minimum absolute atomic E-state index is 0. The fraction of sp³-hybridized carbons (Fsp3) is 1.00. The number of rotatable bonds is 2. The fourth-order valence-electron chi connectivity index (χ4n) is 0.251. The van der Waals surface area contributed by atoms with Gasteiger partial charge < -0.3 is 36.1 Å². The van der Waals surface area contributed by atoms with E-state index < -0.39 is 16.3 Å². The zero-order valence-corrected chi connectivity index (χ0v) is 16.4. The van der Waals surface area contributed by atoms with Gasteiger partial charge in [0.05, 0.1) is 14.2 Å². The third-order valence-electron chi connectivity index (χ3n) is 0.468. The van der Waals surface area contributed by atoms with Crippen LogP contribution in [0.3, 0.4) is 0 Å². The summed E-state index contributed by atoms with van der Waals surface area (Å²) in [4.78, 5) is 20.8. The Morgan fingerprint density at radius 2 is 1.33 bits per heavy atom. The Morgan fingerprint density at radius 3 is 1.33 bits per heavy atom. The number of hydrogen-bond donors (Lipinski definition) is 0. The van der Waals surface area contributed by atoms with Crippen molar-refractivity contribution in [3.05, 3.63) is 0 Å². The first-order chi connectivity index (χ1) is 4.02. The second-order valence-electron chi connectivity index (χ2n) is 0.998. The molecule has 0 amide bonds. The van der Waals surface area contributed by atoms with Crippen molar-refractivity contribution in [1.29, 1.82) is 0 Å². The zero-order valence-electron chi connectivity index (χ0n) is 7.90. The Morgan fingerprint density at radius 1 is 1.08 bits per heavy atom. The molecule has 0 aliphatic heterocycles. The second-order valence-corrected chi connectivity index (χ2v) is 7.47. The zero-order chi connectivity index (χ0) is 7.49. The van der Waals surface area contributed by atoms with E-state index in [9.17, 15) is 9.79 Å². The minimum Gasteiger partial charge on any atom is -0.851 e. The average molecular weight is 258 g/mol. The summed E-state index contributed by atoms with van der Waals surface area (Å²) in [5.41, 5.74) is -3.86. The summed E-state index contributed by atoms with van der Waals surface area (Å²) in [6.45, 7) is 0. The van der Waals surface area contributed by atoms with Gasteiger partial charge in [0.25, 0.3) is 0 Å². The molecule has 0 saturated carbocycles. The van der Waals surface area contributed by atoms with E-state index in [0.717, 1.165) is 0 Å². The predicted octanol–water partition coefficient (Wildman–Crippen LogP) is -10.3. The van der Waals surface area contributed by atoms with Crippen molar-refractivity contribution >= 4 is 28.6 Å². The van der Waals surface area contributed by atoms with Crippen molar-refractivity contribution in [1.82, 2.24) is 0 Å². The van der Waals surface area contributed by atoms with Crippen LogP contribution in [0.25, 0.3) is 0 Å². The van der Waals surface area contributed by atoms with E-state index in [1.165, 1.54) is 14.2 Å². The van der Waals surface area contributed by atoms with Crippen LogP contribution in [0.2, 0.25) is 0 Å². The Balaban J connectivity index is -0.000000107. The van der Waals surface area contributed by atoms with E-state index in [0.29, 0.717) is 0 Å². The van der Waals surface area contributed by atoms with Crippen molar-refractivity contribution in [2.24, 2.45) is 0 Å². The molecule has 0 spiro atoms. The molecule has 4 nitrogen and oxygen atoms in total. The Labute approximate surface area is 147 Å². The van der Waals surface area contributed by atoms with E-state index in [1.807, 2.05) is 0 Å². The van der Waals surface area contributed by atoms with Crippen molar-refractivity contribution in [3.63, 3.8) is 0 Å². The van der Waals surface area contributed by atoms with Crippen LogP contribution in [0.5, 0.6) is 0 Å². The summed E-state index contributed by atoms with van der Waals surface area (Å²) in [5.74, 6) is 0. The summed E-state index contributed by atoms with van der Waals surface area (Å²) in [6, 6.07) is 0. The van der Waals surface area contributed by atoms with Gasteiger partial charge in [0, 0.05) is 10.6 Å². The minimum atomic E-state index is -3.86. The van der Waals surface area contributed by atoms with Crippen LogP contribution in [-0.2, 0) is 31.2 Å². The maximum Gasteiger partial charge on any atom is 1.00 e. The van der Waals surface area contributed by atoms with E-state index in [-0.39, 0.29) is 88.7 Å². The SMILES string of the molecule is COS(OC)=P([O-])([O-])[S-].[Na+].[Na+].[Na+]. The largest absolute Gasteiger partial charge is 1.00 e. The molecule has 0 unspecified atom stereocenters. The molecule has 0 saturated heterocycles. The van der Waals surface area contributed by atoms with Gasteiger partial charge in [-0.05, 0) is 0 Å². The van der Waals surface area contributed by atoms with Crippen LogP contribution in [-0.4, -0.2) is 14.2 Å². The summed E-state index contributed by atoms with van der Waals surface area (Å²) >= 11 is 4.07. The van der Waals surface area contributed by atoms with Gasteiger partial charge >= 0.3 is 88.7 Å². The monoisotopic (exact) mass is 258 g/mol. The van der Waals surface area contributed by atoms with Crippen molar-refractivity contribution in [3.8, 4) is 0 Å². The van der Waals surface area contributed by atoms with Gasteiger partial charge in [0.1, 0.15) is 0 Å². The molecule has 10 heteroatoms. The summed E-state index contributed by atoms with van der Waals surface area (Å²) in [5, 5.41) is 0. The first-order valence-corrected chi connectivity index (χ1v) is 6.20. The molecular formula is C2H6Na3O4PS2. The van der Waals surface area contributed by atoms with E-state index in [2.05, 4.69) is 20.6 Å². The normalized spacial score (nSPS) is 9.50. The molecular weight excluding hydrogens is 252 g/mol. The maximum absolute atomic E-state index is 10.4. The first-order valence-electron chi connectivity index (χ1n) is 1.88. The molecule has 0 aromatic carbocycles. The Hall–Kier alpha value is 3.97. The molecule has 0 aromatic rings. The molecule has 0 rings (SSSR count). The fourth-order valence-corrected chi connectivity index (χ4v) is 2.94. The standard InChI is InChI=1S/C2H6O4PS2.3Na/c1-5-9(6-2)7(3,4)8;;;/h1-2H3;;;/q-3;3*+1. The van der Waals surface area contributed by atoms with Gasteiger partial charge in [-0.25, -0.2) is 0 Å². The summed E-state index contributed by atoms with van der Waals surface area (Å²) < 4.78 is 8.78. The average Bonchev–Trinajstić information content (AvgIpc) is 1.65. The molecule has 0 fully saturated rings. The van der Waals surface area contributed by atoms with Crippen LogP contribution in [0.1, 0.15) is 0 Å². The maximum atomic E-state index is 10.4. The molecule has 0 aromatic heterocycles. The molecule has 0 bridgehead atoms. The predicted molar refractivity (Wildman–Crippen MR) is 35.7 cm³/mol. The van der Waals surface area contributed by atoms with Crippen molar-refractivity contribution in [2.45, 2.75) is 0 Å². The van der Waals surface area contributed by atoms with Gasteiger partial charge in [-0.1, -0.05) is 0 Å². The van der Waals surface area contributed by atoms with E-state index in [1.54, 1.807) is 0 Å². The third kappa shape index (κ3) is 12.0. The van der Waals surface area contributed by atoms with E-state index >= 15 is 0 Å². The third-order valence-corrected chi connectivity index (χ3v) is 4.49. The molecule has 0 heterocycles. The number of hydrogen-bond acceptors (Lipinski definition) is 5. The summed E-state index contributed by atoms with van der Waals surface area (Å²) in [6.07, 6.45) is 0.